The van der Waals surface area contributed by atoms with Crippen LogP contribution in [0.3, 0.4) is 0 Å². The molecule has 0 unspecified atom stereocenters. The predicted molar refractivity (Wildman–Crippen MR) is 110 cm³/mol. The summed E-state index contributed by atoms with van der Waals surface area (Å²) in [5.74, 6) is 2.54. The highest BCUT2D eigenvalue weighted by Gasteiger charge is 2.30. The number of rotatable bonds is 3. The number of nitrogens with zero attached hydrogens (tertiary/aromatic N) is 6. The minimum atomic E-state index is 0.156. The van der Waals surface area contributed by atoms with Crippen molar-refractivity contribution in [2.45, 2.75) is 45.3 Å². The van der Waals surface area contributed by atoms with Crippen LogP contribution in [0.5, 0.6) is 0 Å². The summed E-state index contributed by atoms with van der Waals surface area (Å²) in [6.45, 7) is 6.83. The van der Waals surface area contributed by atoms with E-state index in [1.807, 2.05) is 17.2 Å². The molecule has 7 nitrogen and oxygen atoms in total. The summed E-state index contributed by atoms with van der Waals surface area (Å²) in [7, 11) is 0. The van der Waals surface area contributed by atoms with Gasteiger partial charge < -0.3 is 9.47 Å². The number of pyridine rings is 1. The lowest BCUT2D eigenvalue weighted by Gasteiger charge is -2.33. The Morgan fingerprint density at radius 3 is 2.93 bits per heavy atom. The average molecular weight is 390 g/mol. The number of amides is 1. The van der Waals surface area contributed by atoms with Gasteiger partial charge in [-0.05, 0) is 30.5 Å². The van der Waals surface area contributed by atoms with E-state index < -0.39 is 0 Å². The van der Waals surface area contributed by atoms with Gasteiger partial charge in [0.15, 0.2) is 0 Å². The SMILES string of the molecule is CC(=O)N1CCC[C@@H](c2nnc3n2CCN(Cc2ccnc4ccccc24)C3)C1. The molecule has 1 atom stereocenters. The van der Waals surface area contributed by atoms with Crippen LogP contribution in [-0.4, -0.2) is 55.1 Å². The van der Waals surface area contributed by atoms with Gasteiger partial charge in [0.05, 0.1) is 12.1 Å². The molecular formula is C22H26N6O. The molecule has 0 radical (unpaired) electrons. The van der Waals surface area contributed by atoms with Gasteiger partial charge in [-0.25, -0.2) is 0 Å². The Labute approximate surface area is 170 Å². The zero-order valence-electron chi connectivity index (χ0n) is 16.8. The molecule has 0 aliphatic carbocycles. The van der Waals surface area contributed by atoms with Crippen molar-refractivity contribution < 1.29 is 4.79 Å². The van der Waals surface area contributed by atoms with Crippen LogP contribution in [0.4, 0.5) is 0 Å². The lowest BCUT2D eigenvalue weighted by atomic mass is 9.97. The third kappa shape index (κ3) is 3.51. The van der Waals surface area contributed by atoms with Crippen molar-refractivity contribution in [1.82, 2.24) is 29.5 Å². The van der Waals surface area contributed by atoms with Gasteiger partial charge in [0, 0.05) is 57.1 Å². The Kier molecular flexibility index (Phi) is 4.75. The summed E-state index contributed by atoms with van der Waals surface area (Å²) in [6.07, 6.45) is 4.01. The van der Waals surface area contributed by atoms with Gasteiger partial charge in [0.2, 0.25) is 5.91 Å². The number of benzene rings is 1. The molecule has 0 bridgehead atoms. The third-order valence-electron chi connectivity index (χ3n) is 6.23. The number of aromatic nitrogens is 4. The molecule has 1 aromatic carbocycles. The van der Waals surface area contributed by atoms with Crippen molar-refractivity contribution in [3.63, 3.8) is 0 Å². The zero-order valence-corrected chi connectivity index (χ0v) is 16.8. The smallest absolute Gasteiger partial charge is 0.219 e. The van der Waals surface area contributed by atoms with Crippen LogP contribution in [0.15, 0.2) is 36.5 Å². The largest absolute Gasteiger partial charge is 0.342 e. The maximum atomic E-state index is 11.8. The molecule has 0 spiro atoms. The summed E-state index contributed by atoms with van der Waals surface area (Å²) >= 11 is 0. The lowest BCUT2D eigenvalue weighted by Crippen LogP contribution is -2.39. The summed E-state index contributed by atoms with van der Waals surface area (Å²) in [6, 6.07) is 10.4. The van der Waals surface area contributed by atoms with E-state index in [1.54, 1.807) is 6.92 Å². The molecule has 2 aromatic heterocycles. The molecule has 150 valence electrons. The van der Waals surface area contributed by atoms with Crippen LogP contribution >= 0.6 is 0 Å². The number of likely N-dealkylation sites (tertiary alicyclic amines) is 1. The van der Waals surface area contributed by atoms with Gasteiger partial charge in [-0.1, -0.05) is 18.2 Å². The second-order valence-electron chi connectivity index (χ2n) is 8.13. The molecule has 7 heteroatoms. The molecular weight excluding hydrogens is 364 g/mol. The molecule has 3 aromatic rings. The quantitative estimate of drug-likeness (QED) is 0.688. The Bertz CT molecular complexity index is 1040. The third-order valence-corrected chi connectivity index (χ3v) is 6.23. The van der Waals surface area contributed by atoms with Gasteiger partial charge >= 0.3 is 0 Å². The van der Waals surface area contributed by atoms with Gasteiger partial charge in [0.1, 0.15) is 11.6 Å². The molecule has 2 aliphatic heterocycles. The second kappa shape index (κ2) is 7.55. The number of hydrogen-bond donors (Lipinski definition) is 0. The van der Waals surface area contributed by atoms with Gasteiger partial charge in [-0.3, -0.25) is 14.7 Å². The molecule has 0 saturated carbocycles. The van der Waals surface area contributed by atoms with Crippen molar-refractivity contribution in [2.24, 2.45) is 0 Å². The monoisotopic (exact) mass is 390 g/mol. The second-order valence-corrected chi connectivity index (χ2v) is 8.13. The number of carbonyl (C=O) groups excluding carboxylic acids is 1. The topological polar surface area (TPSA) is 67.2 Å². The minimum absolute atomic E-state index is 0.156. The maximum absolute atomic E-state index is 11.8. The fraction of sp³-hybridized carbons (Fsp3) is 0.455. The van der Waals surface area contributed by atoms with Crippen LogP contribution < -0.4 is 0 Å². The predicted octanol–water partition coefficient (Wildman–Crippen LogP) is 2.57. The lowest BCUT2D eigenvalue weighted by molar-refractivity contribution is -0.130. The molecule has 1 saturated heterocycles. The summed E-state index contributed by atoms with van der Waals surface area (Å²) < 4.78 is 2.29. The fourth-order valence-electron chi connectivity index (χ4n) is 4.67. The first-order valence-corrected chi connectivity index (χ1v) is 10.4. The van der Waals surface area contributed by atoms with Crippen LogP contribution in [0.1, 0.15) is 42.9 Å². The first-order valence-electron chi connectivity index (χ1n) is 10.4. The summed E-state index contributed by atoms with van der Waals surface area (Å²) in [5, 5.41) is 10.3. The summed E-state index contributed by atoms with van der Waals surface area (Å²) in [4.78, 5) is 20.6. The van der Waals surface area contributed by atoms with Crippen LogP contribution in [0.2, 0.25) is 0 Å². The van der Waals surface area contributed by atoms with E-state index in [0.717, 1.165) is 69.3 Å². The Hall–Kier alpha value is -2.80. The molecule has 29 heavy (non-hydrogen) atoms. The fourth-order valence-corrected chi connectivity index (χ4v) is 4.67. The first-order chi connectivity index (χ1) is 14.2. The van der Waals surface area contributed by atoms with Gasteiger partial charge in [-0.15, -0.1) is 10.2 Å². The molecule has 1 amide bonds. The van der Waals surface area contributed by atoms with Gasteiger partial charge in [-0.2, -0.15) is 0 Å². The number of hydrogen-bond acceptors (Lipinski definition) is 5. The van der Waals surface area contributed by atoms with E-state index in [4.69, 9.17) is 0 Å². The highest BCUT2D eigenvalue weighted by Crippen LogP contribution is 2.28. The van der Waals surface area contributed by atoms with E-state index >= 15 is 0 Å². The van der Waals surface area contributed by atoms with Crippen molar-refractivity contribution >= 4 is 16.8 Å². The van der Waals surface area contributed by atoms with Crippen LogP contribution in [0.25, 0.3) is 10.9 Å². The first kappa shape index (κ1) is 18.2. The van der Waals surface area contributed by atoms with Crippen LogP contribution in [-0.2, 0) is 24.4 Å². The van der Waals surface area contributed by atoms with E-state index in [2.05, 4.69) is 48.9 Å². The van der Waals surface area contributed by atoms with Gasteiger partial charge in [0.25, 0.3) is 0 Å². The molecule has 1 fully saturated rings. The van der Waals surface area contributed by atoms with Crippen molar-refractivity contribution in [1.29, 1.82) is 0 Å². The van der Waals surface area contributed by atoms with Crippen LogP contribution in [0, 0.1) is 0 Å². The number of piperidine rings is 1. The van der Waals surface area contributed by atoms with E-state index in [0.29, 0.717) is 5.92 Å². The average Bonchev–Trinajstić information content (AvgIpc) is 3.17. The van der Waals surface area contributed by atoms with E-state index in [9.17, 15) is 4.79 Å². The normalized spacial score (nSPS) is 20.0. The Morgan fingerprint density at radius 1 is 1.14 bits per heavy atom. The zero-order chi connectivity index (χ0) is 19.8. The number of fused-ring (bicyclic) bond motifs is 2. The van der Waals surface area contributed by atoms with Crippen molar-refractivity contribution in [3.05, 3.63) is 53.7 Å². The Balaban J connectivity index is 1.33. The molecule has 0 N–H and O–H groups in total. The van der Waals surface area contributed by atoms with Crippen molar-refractivity contribution in [3.8, 4) is 0 Å². The summed E-state index contributed by atoms with van der Waals surface area (Å²) in [5.41, 5.74) is 2.34. The number of para-hydroxylation sites is 1. The maximum Gasteiger partial charge on any atom is 0.219 e. The number of carbonyl (C=O) groups is 1. The minimum Gasteiger partial charge on any atom is -0.342 e. The molecule has 4 heterocycles. The highest BCUT2D eigenvalue weighted by atomic mass is 16.2. The molecule has 5 rings (SSSR count). The Morgan fingerprint density at radius 2 is 2.03 bits per heavy atom. The van der Waals surface area contributed by atoms with E-state index in [-0.39, 0.29) is 5.91 Å². The van der Waals surface area contributed by atoms with Crippen molar-refractivity contribution in [2.75, 3.05) is 19.6 Å². The highest BCUT2D eigenvalue weighted by molar-refractivity contribution is 5.81. The standard InChI is InChI=1S/C22H26N6O/c1-16(29)27-10-4-5-18(14-27)22-25-24-21-15-26(11-12-28(21)22)13-17-8-9-23-20-7-3-2-6-19(17)20/h2-3,6-9,18H,4-5,10-15H2,1H3/t18-/m1/s1. The molecule has 2 aliphatic rings. The van der Waals surface area contributed by atoms with E-state index in [1.165, 1.54) is 10.9 Å².